The van der Waals surface area contributed by atoms with E-state index in [2.05, 4.69) is 0 Å². The zero-order chi connectivity index (χ0) is 10.0. The largest absolute Gasteiger partial charge is 0.478 e. The number of hydrogen-bond donors (Lipinski definition) is 1. The van der Waals surface area contributed by atoms with Crippen molar-refractivity contribution in [2.45, 2.75) is 6.92 Å². The SMILES string of the molecule is Cc1cc(C(=O)O)c(C#N)cc1F. The van der Waals surface area contributed by atoms with Gasteiger partial charge in [0.25, 0.3) is 0 Å². The van der Waals surface area contributed by atoms with Crippen molar-refractivity contribution in [2.24, 2.45) is 0 Å². The number of aryl methyl sites for hydroxylation is 1. The predicted octanol–water partition coefficient (Wildman–Crippen LogP) is 1.70. The van der Waals surface area contributed by atoms with Crippen LogP contribution in [0.5, 0.6) is 0 Å². The molecule has 3 nitrogen and oxygen atoms in total. The third-order valence-electron chi connectivity index (χ3n) is 1.65. The van der Waals surface area contributed by atoms with Gasteiger partial charge in [-0.25, -0.2) is 9.18 Å². The Morgan fingerprint density at radius 1 is 1.62 bits per heavy atom. The Hall–Kier alpha value is -1.89. The lowest BCUT2D eigenvalue weighted by Gasteiger charge is -2.00. The number of benzene rings is 1. The zero-order valence-corrected chi connectivity index (χ0v) is 6.84. The molecule has 0 radical (unpaired) electrons. The van der Waals surface area contributed by atoms with Gasteiger partial charge in [-0.1, -0.05) is 0 Å². The summed E-state index contributed by atoms with van der Waals surface area (Å²) in [5.74, 6) is -1.79. The first-order valence-corrected chi connectivity index (χ1v) is 3.50. The number of nitrogens with zero attached hydrogens (tertiary/aromatic N) is 1. The topological polar surface area (TPSA) is 61.1 Å². The summed E-state index contributed by atoms with van der Waals surface area (Å²) < 4.78 is 12.9. The summed E-state index contributed by atoms with van der Waals surface area (Å²) in [5.41, 5.74) is -0.103. The van der Waals surface area contributed by atoms with Crippen LogP contribution in [0.3, 0.4) is 0 Å². The molecule has 1 rings (SSSR count). The van der Waals surface area contributed by atoms with Crippen LogP contribution in [0.2, 0.25) is 0 Å². The van der Waals surface area contributed by atoms with Gasteiger partial charge in [0, 0.05) is 0 Å². The summed E-state index contributed by atoms with van der Waals surface area (Å²) in [4.78, 5) is 10.6. The van der Waals surface area contributed by atoms with E-state index in [1.165, 1.54) is 6.92 Å². The van der Waals surface area contributed by atoms with Crippen molar-refractivity contribution in [1.29, 1.82) is 5.26 Å². The van der Waals surface area contributed by atoms with Crippen molar-refractivity contribution >= 4 is 5.97 Å². The number of carbonyl (C=O) groups is 1. The van der Waals surface area contributed by atoms with E-state index in [0.29, 0.717) is 0 Å². The summed E-state index contributed by atoms with van der Waals surface area (Å²) in [6.07, 6.45) is 0. The fraction of sp³-hybridized carbons (Fsp3) is 0.111. The fourth-order valence-corrected chi connectivity index (χ4v) is 0.951. The second kappa shape index (κ2) is 3.23. The quantitative estimate of drug-likeness (QED) is 0.713. The molecule has 1 N–H and O–H groups in total. The van der Waals surface area contributed by atoms with Gasteiger partial charge in [-0.15, -0.1) is 0 Å². The molecular formula is C9H6FNO2. The second-order valence-electron chi connectivity index (χ2n) is 2.56. The minimum Gasteiger partial charge on any atom is -0.478 e. The summed E-state index contributed by atoms with van der Waals surface area (Å²) in [5, 5.41) is 17.1. The number of aromatic carboxylic acids is 1. The normalized spacial score (nSPS) is 9.31. The smallest absolute Gasteiger partial charge is 0.337 e. The molecule has 0 spiro atoms. The van der Waals surface area contributed by atoms with E-state index >= 15 is 0 Å². The first-order valence-electron chi connectivity index (χ1n) is 3.50. The molecule has 0 fully saturated rings. The number of hydrogen-bond acceptors (Lipinski definition) is 2. The molecule has 4 heteroatoms. The first kappa shape index (κ1) is 9.20. The number of carboxylic acid groups (broad SMARTS) is 1. The summed E-state index contributed by atoms with van der Waals surface area (Å²) in [6, 6.07) is 3.70. The van der Waals surface area contributed by atoms with Gasteiger partial charge < -0.3 is 5.11 Å². The average molecular weight is 179 g/mol. The van der Waals surface area contributed by atoms with E-state index in [1.807, 2.05) is 0 Å². The molecule has 66 valence electrons. The predicted molar refractivity (Wildman–Crippen MR) is 42.8 cm³/mol. The van der Waals surface area contributed by atoms with Gasteiger partial charge >= 0.3 is 5.97 Å². The summed E-state index contributed by atoms with van der Waals surface area (Å²) >= 11 is 0. The van der Waals surface area contributed by atoms with E-state index in [-0.39, 0.29) is 16.7 Å². The van der Waals surface area contributed by atoms with Crippen molar-refractivity contribution < 1.29 is 14.3 Å². The molecule has 0 heterocycles. The number of carboxylic acids is 1. The molecule has 0 aliphatic carbocycles. The van der Waals surface area contributed by atoms with Crippen LogP contribution in [-0.4, -0.2) is 11.1 Å². The van der Waals surface area contributed by atoms with E-state index in [0.717, 1.165) is 12.1 Å². The molecule has 0 atom stereocenters. The van der Waals surface area contributed by atoms with Gasteiger partial charge in [0.15, 0.2) is 0 Å². The van der Waals surface area contributed by atoms with Crippen LogP contribution in [0.15, 0.2) is 12.1 Å². The van der Waals surface area contributed by atoms with Crippen molar-refractivity contribution in [3.8, 4) is 6.07 Å². The number of halogens is 1. The molecule has 0 unspecified atom stereocenters. The highest BCUT2D eigenvalue weighted by molar-refractivity contribution is 5.90. The van der Waals surface area contributed by atoms with Crippen LogP contribution in [0.4, 0.5) is 4.39 Å². The summed E-state index contributed by atoms with van der Waals surface area (Å²) in [6.45, 7) is 1.45. The van der Waals surface area contributed by atoms with E-state index < -0.39 is 11.8 Å². The van der Waals surface area contributed by atoms with Crippen molar-refractivity contribution in [3.63, 3.8) is 0 Å². The summed E-state index contributed by atoms with van der Waals surface area (Å²) in [7, 11) is 0. The van der Waals surface area contributed by atoms with E-state index in [4.69, 9.17) is 10.4 Å². The van der Waals surface area contributed by atoms with Gasteiger partial charge in [0.05, 0.1) is 11.1 Å². The standard InChI is InChI=1S/C9H6FNO2/c1-5-2-7(9(12)13)6(4-11)3-8(5)10/h2-3H,1H3,(H,12,13). The molecule has 0 aliphatic rings. The Balaban J connectivity index is 3.44. The molecule has 0 saturated heterocycles. The van der Waals surface area contributed by atoms with Crippen molar-refractivity contribution in [1.82, 2.24) is 0 Å². The van der Waals surface area contributed by atoms with Gasteiger partial charge in [0.2, 0.25) is 0 Å². The van der Waals surface area contributed by atoms with E-state index in [1.54, 1.807) is 6.07 Å². The Labute approximate surface area is 74.0 Å². The Morgan fingerprint density at radius 2 is 2.23 bits per heavy atom. The monoisotopic (exact) mass is 179 g/mol. The molecule has 1 aromatic carbocycles. The molecule has 0 aliphatic heterocycles. The zero-order valence-electron chi connectivity index (χ0n) is 6.84. The fourth-order valence-electron chi connectivity index (χ4n) is 0.951. The van der Waals surface area contributed by atoms with Crippen LogP contribution >= 0.6 is 0 Å². The Morgan fingerprint density at radius 3 is 2.69 bits per heavy atom. The lowest BCUT2D eigenvalue weighted by molar-refractivity contribution is 0.0696. The minimum absolute atomic E-state index is 0.157. The van der Waals surface area contributed by atoms with Gasteiger partial charge in [0.1, 0.15) is 11.9 Å². The molecule has 0 saturated carbocycles. The second-order valence-corrected chi connectivity index (χ2v) is 2.56. The molecular weight excluding hydrogens is 173 g/mol. The number of nitriles is 1. The minimum atomic E-state index is -1.22. The third kappa shape index (κ3) is 1.64. The van der Waals surface area contributed by atoms with Crippen LogP contribution < -0.4 is 0 Å². The Bertz CT molecular complexity index is 407. The highest BCUT2D eigenvalue weighted by Gasteiger charge is 2.12. The van der Waals surface area contributed by atoms with Crippen molar-refractivity contribution in [3.05, 3.63) is 34.6 Å². The highest BCUT2D eigenvalue weighted by atomic mass is 19.1. The molecule has 13 heavy (non-hydrogen) atoms. The Kier molecular flexibility index (Phi) is 2.29. The van der Waals surface area contributed by atoms with Crippen molar-refractivity contribution in [2.75, 3.05) is 0 Å². The van der Waals surface area contributed by atoms with Crippen LogP contribution in [0.25, 0.3) is 0 Å². The van der Waals surface area contributed by atoms with Crippen LogP contribution in [-0.2, 0) is 0 Å². The molecule has 0 aromatic heterocycles. The lowest BCUT2D eigenvalue weighted by Crippen LogP contribution is -2.02. The van der Waals surface area contributed by atoms with Crippen LogP contribution in [0, 0.1) is 24.1 Å². The average Bonchev–Trinajstić information content (AvgIpc) is 2.08. The molecule has 0 amide bonds. The van der Waals surface area contributed by atoms with Crippen LogP contribution in [0.1, 0.15) is 21.5 Å². The molecule has 0 bridgehead atoms. The van der Waals surface area contributed by atoms with E-state index in [9.17, 15) is 9.18 Å². The maximum absolute atomic E-state index is 12.9. The lowest BCUT2D eigenvalue weighted by atomic mass is 10.1. The number of rotatable bonds is 1. The third-order valence-corrected chi connectivity index (χ3v) is 1.65. The maximum Gasteiger partial charge on any atom is 0.337 e. The van der Waals surface area contributed by atoms with Gasteiger partial charge in [-0.05, 0) is 24.6 Å². The highest BCUT2D eigenvalue weighted by Crippen LogP contribution is 2.14. The maximum atomic E-state index is 12.9. The van der Waals surface area contributed by atoms with Gasteiger partial charge in [-0.2, -0.15) is 5.26 Å². The van der Waals surface area contributed by atoms with Gasteiger partial charge in [-0.3, -0.25) is 0 Å². The first-order chi connectivity index (χ1) is 6.06. The molecule has 1 aromatic rings.